The van der Waals surface area contributed by atoms with Crippen molar-refractivity contribution in [3.05, 3.63) is 13.8 Å². The van der Waals surface area contributed by atoms with Gasteiger partial charge in [-0.1, -0.05) is 13.1 Å². The molecule has 0 spiro atoms. The van der Waals surface area contributed by atoms with E-state index in [1.807, 2.05) is 0 Å². The zero-order valence-corrected chi connectivity index (χ0v) is 14.5. The molecule has 0 bridgehead atoms. The average Bonchev–Trinajstić information content (AvgIpc) is 1.68. The molecular formula is C6H14Br2Mg2Si. The van der Waals surface area contributed by atoms with Crippen molar-refractivity contribution in [2.75, 3.05) is 0 Å². The summed E-state index contributed by atoms with van der Waals surface area (Å²) in [5, 5.41) is 0. The van der Waals surface area contributed by atoms with Crippen molar-refractivity contribution in [2.24, 2.45) is 0 Å². The van der Waals surface area contributed by atoms with Crippen LogP contribution in [0.4, 0.5) is 0 Å². The van der Waals surface area contributed by atoms with Gasteiger partial charge in [0.1, 0.15) is 0 Å². The third-order valence-corrected chi connectivity index (χ3v) is 4.06. The first-order valence-electron chi connectivity index (χ1n) is 2.71. The van der Waals surface area contributed by atoms with Crippen molar-refractivity contribution < 1.29 is 34.0 Å². The quantitative estimate of drug-likeness (QED) is 0.356. The molecule has 0 atom stereocenters. The minimum atomic E-state index is -0.873. The van der Waals surface area contributed by atoms with E-state index < -0.39 is 8.07 Å². The Balaban J connectivity index is -0.0000000300. The van der Waals surface area contributed by atoms with Crippen molar-refractivity contribution in [1.82, 2.24) is 0 Å². The first-order valence-corrected chi connectivity index (χ1v) is 6.12. The van der Waals surface area contributed by atoms with Crippen LogP contribution in [0.25, 0.3) is 0 Å². The zero-order chi connectivity index (χ0) is 5.91. The van der Waals surface area contributed by atoms with Gasteiger partial charge < -0.3 is 47.8 Å². The van der Waals surface area contributed by atoms with E-state index in [0.29, 0.717) is 0 Å². The third-order valence-electron chi connectivity index (χ3n) is 1.35. The van der Waals surface area contributed by atoms with Crippen LogP contribution in [0.1, 0.15) is 0 Å². The molecule has 0 heterocycles. The van der Waals surface area contributed by atoms with Gasteiger partial charge in [-0.25, -0.2) is 0 Å². The molecule has 5 heteroatoms. The van der Waals surface area contributed by atoms with Crippen LogP contribution in [0, 0.1) is 13.8 Å². The molecule has 0 aromatic carbocycles. The van der Waals surface area contributed by atoms with Gasteiger partial charge in [0, 0.05) is 0 Å². The summed E-state index contributed by atoms with van der Waals surface area (Å²) in [6, 6.07) is 2.24. The Hall–Kier alpha value is 2.71. The fraction of sp³-hybridized carbons (Fsp3) is 0.667. The molecule has 0 aromatic rings. The Labute approximate surface area is 126 Å². The second-order valence-corrected chi connectivity index (χ2v) is 7.99. The Morgan fingerprint density at radius 3 is 1.09 bits per heavy atom. The fourth-order valence-electron chi connectivity index (χ4n) is 0.125. The van der Waals surface area contributed by atoms with Crippen LogP contribution in [0.5, 0.6) is 0 Å². The Morgan fingerprint density at radius 1 is 0.909 bits per heavy atom. The van der Waals surface area contributed by atoms with Gasteiger partial charge in [0.25, 0.3) is 0 Å². The normalized spacial score (nSPS) is 7.64. The Morgan fingerprint density at radius 2 is 1.09 bits per heavy atom. The molecule has 0 unspecified atom stereocenters. The molecular weight excluding hydrogens is 309 g/mol. The van der Waals surface area contributed by atoms with Gasteiger partial charge in [-0.2, -0.15) is 12.1 Å². The maximum absolute atomic E-state index is 3.85. The molecule has 0 aromatic heterocycles. The van der Waals surface area contributed by atoms with Gasteiger partial charge in [0.05, 0.1) is 0 Å². The maximum Gasteiger partial charge on any atom is 2.00 e. The van der Waals surface area contributed by atoms with Crippen LogP contribution in [0.2, 0.25) is 25.2 Å². The minimum Gasteiger partial charge on any atom is -1.00 e. The first-order chi connectivity index (χ1) is 3.12. The summed E-state index contributed by atoms with van der Waals surface area (Å²) in [5.41, 5.74) is 0. The summed E-state index contributed by atoms with van der Waals surface area (Å²) in [6.45, 7) is 12.3. The molecule has 0 radical (unpaired) electrons. The van der Waals surface area contributed by atoms with Crippen molar-refractivity contribution in [1.29, 1.82) is 0 Å². The van der Waals surface area contributed by atoms with E-state index in [1.54, 1.807) is 0 Å². The smallest absolute Gasteiger partial charge is 1.00 e. The van der Waals surface area contributed by atoms with Crippen molar-refractivity contribution in [3.63, 3.8) is 0 Å². The Bertz CT molecular complexity index is 56.5. The molecule has 0 amide bonds. The molecule has 0 aliphatic carbocycles. The molecule has 0 rings (SSSR count). The van der Waals surface area contributed by atoms with Crippen LogP contribution >= 0.6 is 0 Å². The van der Waals surface area contributed by atoms with E-state index in [0.717, 1.165) is 12.1 Å². The van der Waals surface area contributed by atoms with Crippen LogP contribution in [0.3, 0.4) is 0 Å². The van der Waals surface area contributed by atoms with Crippen LogP contribution in [-0.4, -0.2) is 54.2 Å². The van der Waals surface area contributed by atoms with E-state index in [2.05, 4.69) is 26.9 Å². The molecule has 0 saturated carbocycles. The first kappa shape index (κ1) is 29.2. The maximum atomic E-state index is 3.85. The SMILES string of the molecule is [Br-].[Br-].[CH2-]C[Si](C)(C)C[CH2-].[Mg+2].[Mg+2]. The van der Waals surface area contributed by atoms with Gasteiger partial charge in [0.2, 0.25) is 0 Å². The van der Waals surface area contributed by atoms with Gasteiger partial charge in [-0.05, 0) is 8.07 Å². The molecule has 0 aliphatic rings. The largest absolute Gasteiger partial charge is 2.00 e. The topological polar surface area (TPSA) is 0 Å². The fourth-order valence-corrected chi connectivity index (χ4v) is 0.375. The van der Waals surface area contributed by atoms with Gasteiger partial charge >= 0.3 is 46.1 Å². The average molecular weight is 323 g/mol. The summed E-state index contributed by atoms with van der Waals surface area (Å²) < 4.78 is 0. The number of halogens is 2. The van der Waals surface area contributed by atoms with E-state index in [-0.39, 0.29) is 80.1 Å². The van der Waals surface area contributed by atoms with Crippen LogP contribution < -0.4 is 34.0 Å². The van der Waals surface area contributed by atoms with Crippen molar-refractivity contribution in [2.45, 2.75) is 25.2 Å². The summed E-state index contributed by atoms with van der Waals surface area (Å²) >= 11 is 0. The van der Waals surface area contributed by atoms with Crippen molar-refractivity contribution >= 4 is 54.2 Å². The second kappa shape index (κ2) is 15.2. The Kier molecular flexibility index (Phi) is 40.3. The van der Waals surface area contributed by atoms with E-state index >= 15 is 0 Å². The number of hydrogen-bond acceptors (Lipinski definition) is 0. The molecule has 0 N–H and O–H groups in total. The van der Waals surface area contributed by atoms with E-state index in [4.69, 9.17) is 0 Å². The molecule has 0 saturated heterocycles. The van der Waals surface area contributed by atoms with Crippen molar-refractivity contribution in [3.8, 4) is 0 Å². The second-order valence-electron chi connectivity index (χ2n) is 2.66. The van der Waals surface area contributed by atoms with E-state index in [1.165, 1.54) is 0 Å². The van der Waals surface area contributed by atoms with Gasteiger partial charge in [0.15, 0.2) is 0 Å². The molecule has 0 aliphatic heterocycles. The monoisotopic (exact) mass is 320 g/mol. The predicted octanol–water partition coefficient (Wildman–Crippen LogP) is -4.39. The number of hydrogen-bond donors (Lipinski definition) is 0. The summed E-state index contributed by atoms with van der Waals surface area (Å²) in [4.78, 5) is 0. The van der Waals surface area contributed by atoms with E-state index in [9.17, 15) is 0 Å². The zero-order valence-electron chi connectivity index (χ0n) is 7.50. The van der Waals surface area contributed by atoms with Gasteiger partial charge in [-0.3, -0.25) is 0 Å². The third kappa shape index (κ3) is 19.2. The van der Waals surface area contributed by atoms with Crippen LogP contribution in [-0.2, 0) is 0 Å². The number of rotatable bonds is 2. The molecule has 11 heavy (non-hydrogen) atoms. The molecule has 60 valence electrons. The standard InChI is InChI=1S/C6H14Si.2BrH.2Mg/c1-5-7(3,4)6-2;;;;/h1-2,5-6H2,3-4H3;2*1H;;/q-2;;;2*+2/p-2. The molecule has 0 nitrogen and oxygen atoms in total. The molecule has 0 fully saturated rings. The predicted molar refractivity (Wildman–Crippen MR) is 49.3 cm³/mol. The minimum absolute atomic E-state index is 0. The van der Waals surface area contributed by atoms with Gasteiger partial charge in [-0.15, -0.1) is 0 Å². The van der Waals surface area contributed by atoms with Crippen LogP contribution in [0.15, 0.2) is 0 Å². The summed E-state index contributed by atoms with van der Waals surface area (Å²) in [7, 11) is -0.873. The summed E-state index contributed by atoms with van der Waals surface area (Å²) in [5.74, 6) is 0. The summed E-state index contributed by atoms with van der Waals surface area (Å²) in [6.07, 6.45) is 0.